The van der Waals surface area contributed by atoms with Gasteiger partial charge in [-0.3, -0.25) is 9.69 Å². The third-order valence-corrected chi connectivity index (χ3v) is 2.40. The summed E-state index contributed by atoms with van der Waals surface area (Å²) in [5, 5.41) is 2.81. The van der Waals surface area contributed by atoms with Crippen LogP contribution in [0.4, 0.5) is 8.78 Å². The molecule has 0 radical (unpaired) electrons. The Labute approximate surface area is 112 Å². The second kappa shape index (κ2) is 6.10. The summed E-state index contributed by atoms with van der Waals surface area (Å²) >= 11 is 0. The van der Waals surface area contributed by atoms with Crippen molar-refractivity contribution in [2.24, 2.45) is 0 Å². The number of nitrogens with one attached hydrogen (secondary N) is 1. The topological polar surface area (TPSA) is 32.3 Å². The predicted octanol–water partition coefficient (Wildman–Crippen LogP) is 2.31. The van der Waals surface area contributed by atoms with Crippen LogP contribution in [0.3, 0.4) is 0 Å². The van der Waals surface area contributed by atoms with Gasteiger partial charge in [-0.1, -0.05) is 12.1 Å². The maximum absolute atomic E-state index is 13.5. The van der Waals surface area contributed by atoms with Gasteiger partial charge in [0.25, 0.3) is 0 Å². The number of likely N-dealkylation sites (N-methyl/N-ethyl adjacent to an activating group) is 1. The molecule has 0 aliphatic rings. The number of amides is 1. The van der Waals surface area contributed by atoms with Gasteiger partial charge in [-0.2, -0.15) is 0 Å². The number of hydrogen-bond acceptors (Lipinski definition) is 2. The van der Waals surface area contributed by atoms with E-state index < -0.39 is 11.6 Å². The van der Waals surface area contributed by atoms with E-state index in [-0.39, 0.29) is 30.1 Å². The Hall–Kier alpha value is -1.49. The van der Waals surface area contributed by atoms with Gasteiger partial charge in [-0.25, -0.2) is 8.78 Å². The maximum atomic E-state index is 13.5. The lowest BCUT2D eigenvalue weighted by Gasteiger charge is -2.23. The molecule has 1 rings (SSSR count). The molecule has 0 atom stereocenters. The first-order valence-corrected chi connectivity index (χ1v) is 6.11. The average Bonchev–Trinajstić information content (AvgIpc) is 2.21. The van der Waals surface area contributed by atoms with E-state index in [0.29, 0.717) is 0 Å². The lowest BCUT2D eigenvalue weighted by atomic mass is 10.1. The van der Waals surface area contributed by atoms with Crippen LogP contribution in [0.15, 0.2) is 18.2 Å². The van der Waals surface area contributed by atoms with E-state index >= 15 is 0 Å². The number of benzene rings is 1. The second-order valence-electron chi connectivity index (χ2n) is 5.68. The van der Waals surface area contributed by atoms with Gasteiger partial charge < -0.3 is 5.32 Å². The molecule has 1 aromatic carbocycles. The number of rotatable bonds is 4. The number of hydrogen-bond donors (Lipinski definition) is 1. The monoisotopic (exact) mass is 270 g/mol. The summed E-state index contributed by atoms with van der Waals surface area (Å²) in [6.07, 6.45) is 0. The van der Waals surface area contributed by atoms with E-state index in [4.69, 9.17) is 0 Å². The van der Waals surface area contributed by atoms with Gasteiger partial charge in [0.15, 0.2) is 11.6 Å². The summed E-state index contributed by atoms with van der Waals surface area (Å²) in [6.45, 7) is 5.97. The molecule has 0 aliphatic carbocycles. The van der Waals surface area contributed by atoms with Gasteiger partial charge in [-0.05, 0) is 33.9 Å². The molecule has 0 heterocycles. The van der Waals surface area contributed by atoms with E-state index in [1.165, 1.54) is 12.1 Å². The van der Waals surface area contributed by atoms with Crippen LogP contribution < -0.4 is 5.32 Å². The van der Waals surface area contributed by atoms with Crippen LogP contribution in [0, 0.1) is 11.6 Å². The molecule has 0 bridgehead atoms. The quantitative estimate of drug-likeness (QED) is 0.910. The van der Waals surface area contributed by atoms with Gasteiger partial charge in [0, 0.05) is 17.6 Å². The van der Waals surface area contributed by atoms with E-state index in [2.05, 4.69) is 5.32 Å². The Kier molecular flexibility index (Phi) is 5.00. The van der Waals surface area contributed by atoms with Crippen LogP contribution in [0.2, 0.25) is 0 Å². The first-order valence-electron chi connectivity index (χ1n) is 6.11. The number of carbonyl (C=O) groups is 1. The average molecular weight is 270 g/mol. The fourth-order valence-corrected chi connectivity index (χ4v) is 1.72. The van der Waals surface area contributed by atoms with Crippen LogP contribution >= 0.6 is 0 Å². The van der Waals surface area contributed by atoms with E-state index in [1.807, 2.05) is 20.8 Å². The fourth-order valence-electron chi connectivity index (χ4n) is 1.72. The second-order valence-corrected chi connectivity index (χ2v) is 5.68. The number of carbonyl (C=O) groups excluding carboxylic acids is 1. The SMILES string of the molecule is CN(CC(=O)NC(C)(C)C)Cc1cccc(F)c1F. The zero-order valence-electron chi connectivity index (χ0n) is 11.8. The smallest absolute Gasteiger partial charge is 0.234 e. The summed E-state index contributed by atoms with van der Waals surface area (Å²) in [6, 6.07) is 4.04. The molecule has 1 amide bonds. The van der Waals surface area contributed by atoms with Crippen LogP contribution in [0.5, 0.6) is 0 Å². The Morgan fingerprint density at radius 1 is 1.32 bits per heavy atom. The van der Waals surface area contributed by atoms with E-state index in [9.17, 15) is 13.6 Å². The molecule has 5 heteroatoms. The summed E-state index contributed by atoms with van der Waals surface area (Å²) in [5.41, 5.74) is -0.0618. The predicted molar refractivity (Wildman–Crippen MR) is 70.6 cm³/mol. The number of halogens is 2. The molecule has 0 fully saturated rings. The summed E-state index contributed by atoms with van der Waals surface area (Å²) in [5.74, 6) is -1.87. The summed E-state index contributed by atoms with van der Waals surface area (Å²) in [4.78, 5) is 13.3. The van der Waals surface area contributed by atoms with Gasteiger partial charge in [0.05, 0.1) is 6.54 Å². The van der Waals surface area contributed by atoms with Gasteiger partial charge >= 0.3 is 0 Å². The lowest BCUT2D eigenvalue weighted by molar-refractivity contribution is -0.123. The minimum absolute atomic E-state index is 0.132. The van der Waals surface area contributed by atoms with Gasteiger partial charge in [0.2, 0.25) is 5.91 Å². The zero-order chi connectivity index (χ0) is 14.6. The molecule has 19 heavy (non-hydrogen) atoms. The van der Waals surface area contributed by atoms with Crippen molar-refractivity contribution in [2.45, 2.75) is 32.9 Å². The molecule has 0 aliphatic heterocycles. The minimum Gasteiger partial charge on any atom is -0.350 e. The Balaban J connectivity index is 2.58. The summed E-state index contributed by atoms with van der Waals surface area (Å²) in [7, 11) is 1.69. The van der Waals surface area contributed by atoms with Gasteiger partial charge in [-0.15, -0.1) is 0 Å². The van der Waals surface area contributed by atoms with Crippen molar-refractivity contribution >= 4 is 5.91 Å². The highest BCUT2D eigenvalue weighted by atomic mass is 19.2. The molecular weight excluding hydrogens is 250 g/mol. The molecule has 1 N–H and O–H groups in total. The van der Waals surface area contributed by atoms with Crippen LogP contribution in [0.25, 0.3) is 0 Å². The highest BCUT2D eigenvalue weighted by Crippen LogP contribution is 2.13. The lowest BCUT2D eigenvalue weighted by Crippen LogP contribution is -2.45. The molecule has 0 spiro atoms. The van der Waals surface area contributed by atoms with Crippen molar-refractivity contribution in [2.75, 3.05) is 13.6 Å². The summed E-state index contributed by atoms with van der Waals surface area (Å²) < 4.78 is 26.5. The maximum Gasteiger partial charge on any atom is 0.234 e. The van der Waals surface area contributed by atoms with Crippen molar-refractivity contribution in [1.29, 1.82) is 0 Å². The van der Waals surface area contributed by atoms with E-state index in [0.717, 1.165) is 6.07 Å². The van der Waals surface area contributed by atoms with Crippen molar-refractivity contribution < 1.29 is 13.6 Å². The molecule has 1 aromatic rings. The van der Waals surface area contributed by atoms with Crippen LogP contribution in [-0.2, 0) is 11.3 Å². The molecule has 0 unspecified atom stereocenters. The minimum atomic E-state index is -0.870. The first-order chi connectivity index (χ1) is 8.69. The van der Waals surface area contributed by atoms with E-state index in [1.54, 1.807) is 11.9 Å². The van der Waals surface area contributed by atoms with Crippen molar-refractivity contribution in [3.63, 3.8) is 0 Å². The Morgan fingerprint density at radius 2 is 1.95 bits per heavy atom. The molecular formula is C14H20F2N2O. The Bertz CT molecular complexity index is 455. The molecule has 0 aromatic heterocycles. The van der Waals surface area contributed by atoms with Crippen molar-refractivity contribution in [3.05, 3.63) is 35.4 Å². The van der Waals surface area contributed by atoms with Crippen molar-refractivity contribution in [3.8, 4) is 0 Å². The third-order valence-electron chi connectivity index (χ3n) is 2.40. The Morgan fingerprint density at radius 3 is 2.53 bits per heavy atom. The zero-order valence-corrected chi connectivity index (χ0v) is 11.8. The molecule has 106 valence electrons. The third kappa shape index (κ3) is 5.34. The highest BCUT2D eigenvalue weighted by molar-refractivity contribution is 5.78. The standard InChI is InChI=1S/C14H20F2N2O/c1-14(2,3)17-12(19)9-18(4)8-10-6-5-7-11(15)13(10)16/h5-7H,8-9H2,1-4H3,(H,17,19). The highest BCUT2D eigenvalue weighted by Gasteiger charge is 2.16. The fraction of sp³-hybridized carbons (Fsp3) is 0.500. The molecule has 0 saturated carbocycles. The van der Waals surface area contributed by atoms with Crippen LogP contribution in [0.1, 0.15) is 26.3 Å². The number of nitrogens with zero attached hydrogens (tertiary/aromatic N) is 1. The first kappa shape index (κ1) is 15.6. The molecule has 3 nitrogen and oxygen atoms in total. The largest absolute Gasteiger partial charge is 0.350 e. The van der Waals surface area contributed by atoms with Crippen molar-refractivity contribution in [1.82, 2.24) is 10.2 Å². The van der Waals surface area contributed by atoms with Gasteiger partial charge in [0.1, 0.15) is 0 Å². The molecule has 0 saturated heterocycles. The van der Waals surface area contributed by atoms with Crippen LogP contribution in [-0.4, -0.2) is 29.9 Å². The normalized spacial score (nSPS) is 11.7.